The molecule has 2 heterocycles. The minimum Gasteiger partial charge on any atom is -0.332 e. The van der Waals surface area contributed by atoms with Crippen molar-refractivity contribution in [3.63, 3.8) is 0 Å². The molecule has 0 aliphatic rings. The van der Waals surface area contributed by atoms with E-state index in [1.807, 2.05) is 12.1 Å². The highest BCUT2D eigenvalue weighted by Crippen LogP contribution is 2.04. The van der Waals surface area contributed by atoms with Crippen molar-refractivity contribution in [2.75, 3.05) is 0 Å². The molecule has 5 nitrogen and oxygen atoms in total. The summed E-state index contributed by atoms with van der Waals surface area (Å²) in [6.07, 6.45) is 5.52. The maximum atomic E-state index is 10.4. The van der Waals surface area contributed by atoms with E-state index >= 15 is 0 Å². The van der Waals surface area contributed by atoms with Crippen molar-refractivity contribution >= 4 is 6.29 Å². The van der Waals surface area contributed by atoms with Crippen LogP contribution < -0.4 is 0 Å². The monoisotopic (exact) mass is 212 g/mol. The lowest BCUT2D eigenvalue weighted by Gasteiger charge is -2.01. The number of nitriles is 1. The van der Waals surface area contributed by atoms with Gasteiger partial charge in [-0.25, -0.2) is 9.97 Å². The first-order valence-corrected chi connectivity index (χ1v) is 4.64. The third kappa shape index (κ3) is 2.12. The van der Waals surface area contributed by atoms with Crippen molar-refractivity contribution in [3.8, 4) is 6.07 Å². The van der Waals surface area contributed by atoms with E-state index in [0.717, 1.165) is 5.56 Å². The maximum Gasteiger partial charge on any atom is 0.169 e. The van der Waals surface area contributed by atoms with Crippen LogP contribution in [0.2, 0.25) is 0 Å². The van der Waals surface area contributed by atoms with Crippen molar-refractivity contribution in [2.24, 2.45) is 0 Å². The highest BCUT2D eigenvalue weighted by molar-refractivity contribution is 5.70. The van der Waals surface area contributed by atoms with Crippen molar-refractivity contribution in [1.82, 2.24) is 14.5 Å². The Morgan fingerprint density at radius 1 is 1.50 bits per heavy atom. The zero-order chi connectivity index (χ0) is 11.4. The fourth-order valence-corrected chi connectivity index (χ4v) is 1.37. The van der Waals surface area contributed by atoms with Crippen LogP contribution in [0.25, 0.3) is 0 Å². The molecule has 78 valence electrons. The second-order valence-corrected chi connectivity index (χ2v) is 3.25. The average molecular weight is 212 g/mol. The largest absolute Gasteiger partial charge is 0.332 e. The fourth-order valence-electron chi connectivity index (χ4n) is 1.37. The predicted octanol–water partition coefficient (Wildman–Crippen LogP) is 1.01. The lowest BCUT2D eigenvalue weighted by molar-refractivity contribution is 0.111. The van der Waals surface area contributed by atoms with Gasteiger partial charge in [0.2, 0.25) is 0 Å². The molecule has 0 fully saturated rings. The van der Waals surface area contributed by atoms with Crippen molar-refractivity contribution in [3.05, 3.63) is 47.8 Å². The molecule has 0 saturated carbocycles. The van der Waals surface area contributed by atoms with Gasteiger partial charge in [-0.2, -0.15) is 5.26 Å². The highest BCUT2D eigenvalue weighted by atomic mass is 16.1. The van der Waals surface area contributed by atoms with Gasteiger partial charge >= 0.3 is 0 Å². The Kier molecular flexibility index (Phi) is 2.74. The molecule has 0 aromatic carbocycles. The van der Waals surface area contributed by atoms with E-state index in [-0.39, 0.29) is 0 Å². The Hall–Kier alpha value is -2.48. The van der Waals surface area contributed by atoms with Gasteiger partial charge in [-0.3, -0.25) is 4.79 Å². The van der Waals surface area contributed by atoms with Crippen LogP contribution in [0.5, 0.6) is 0 Å². The number of pyridine rings is 1. The summed E-state index contributed by atoms with van der Waals surface area (Å²) in [7, 11) is 0. The predicted molar refractivity (Wildman–Crippen MR) is 55.7 cm³/mol. The number of aldehydes is 1. The Balaban J connectivity index is 2.20. The summed E-state index contributed by atoms with van der Waals surface area (Å²) in [6.45, 7) is 0.567. The van der Waals surface area contributed by atoms with Gasteiger partial charge in [-0.15, -0.1) is 0 Å². The number of hydrogen-bond acceptors (Lipinski definition) is 4. The van der Waals surface area contributed by atoms with Crippen molar-refractivity contribution < 1.29 is 4.79 Å². The van der Waals surface area contributed by atoms with E-state index in [1.165, 1.54) is 0 Å². The van der Waals surface area contributed by atoms with Gasteiger partial charge in [0.15, 0.2) is 6.29 Å². The Labute approximate surface area is 92.0 Å². The lowest BCUT2D eigenvalue weighted by Crippen LogP contribution is -1.97. The molecular weight excluding hydrogens is 204 g/mol. The Morgan fingerprint density at radius 3 is 3.06 bits per heavy atom. The average Bonchev–Trinajstić information content (AvgIpc) is 2.77. The first-order chi connectivity index (χ1) is 7.81. The first-order valence-electron chi connectivity index (χ1n) is 4.64. The van der Waals surface area contributed by atoms with E-state index < -0.39 is 0 Å². The number of carbonyl (C=O) groups excluding carboxylic acids is 1. The Bertz CT molecular complexity index is 553. The molecule has 0 unspecified atom stereocenters. The second kappa shape index (κ2) is 4.36. The molecule has 0 aliphatic heterocycles. The van der Waals surface area contributed by atoms with Gasteiger partial charge < -0.3 is 4.57 Å². The number of carbonyl (C=O) groups is 1. The lowest BCUT2D eigenvalue weighted by atomic mass is 10.2. The molecule has 0 spiro atoms. The van der Waals surface area contributed by atoms with Crippen LogP contribution in [0.15, 0.2) is 30.9 Å². The van der Waals surface area contributed by atoms with Gasteiger partial charge in [0, 0.05) is 18.9 Å². The molecule has 0 N–H and O–H groups in total. The van der Waals surface area contributed by atoms with Gasteiger partial charge in [0.25, 0.3) is 0 Å². The summed E-state index contributed by atoms with van der Waals surface area (Å²) in [4.78, 5) is 18.2. The molecule has 0 amide bonds. The van der Waals surface area contributed by atoms with Crippen LogP contribution in [-0.2, 0) is 6.54 Å². The SMILES string of the molecule is N#Cc1cc(Cn2cnc(C=O)c2)ccn1. The quantitative estimate of drug-likeness (QED) is 0.712. The molecule has 16 heavy (non-hydrogen) atoms. The second-order valence-electron chi connectivity index (χ2n) is 3.25. The van der Waals surface area contributed by atoms with Crippen LogP contribution >= 0.6 is 0 Å². The van der Waals surface area contributed by atoms with E-state index in [2.05, 4.69) is 9.97 Å². The van der Waals surface area contributed by atoms with Crippen molar-refractivity contribution in [2.45, 2.75) is 6.54 Å². The molecule has 0 radical (unpaired) electrons. The fraction of sp³-hybridized carbons (Fsp3) is 0.0909. The molecule has 2 aromatic rings. The summed E-state index contributed by atoms with van der Waals surface area (Å²) >= 11 is 0. The summed E-state index contributed by atoms with van der Waals surface area (Å²) < 4.78 is 1.78. The third-order valence-electron chi connectivity index (χ3n) is 2.08. The van der Waals surface area contributed by atoms with E-state index in [4.69, 9.17) is 5.26 Å². The molecule has 0 saturated heterocycles. The van der Waals surface area contributed by atoms with Gasteiger partial charge in [0.1, 0.15) is 17.5 Å². The molecule has 5 heteroatoms. The van der Waals surface area contributed by atoms with E-state index in [1.54, 1.807) is 29.4 Å². The highest BCUT2D eigenvalue weighted by Gasteiger charge is 2.00. The van der Waals surface area contributed by atoms with Gasteiger partial charge in [-0.1, -0.05) is 0 Å². The number of rotatable bonds is 3. The molecular formula is C11H8N4O. The molecule has 2 aromatic heterocycles. The first kappa shape index (κ1) is 10.1. The number of hydrogen-bond donors (Lipinski definition) is 0. The van der Waals surface area contributed by atoms with Crippen LogP contribution in [-0.4, -0.2) is 20.8 Å². The Morgan fingerprint density at radius 2 is 2.38 bits per heavy atom. The molecule has 0 atom stereocenters. The summed E-state index contributed by atoms with van der Waals surface area (Å²) in [5.74, 6) is 0. The van der Waals surface area contributed by atoms with Crippen molar-refractivity contribution in [1.29, 1.82) is 5.26 Å². The van der Waals surface area contributed by atoms with E-state index in [0.29, 0.717) is 24.2 Å². The summed E-state index contributed by atoms with van der Waals surface area (Å²) in [5.41, 5.74) is 1.73. The zero-order valence-corrected chi connectivity index (χ0v) is 8.37. The standard InChI is InChI=1S/C11H8N4O/c12-4-10-3-9(1-2-13-10)5-15-6-11(7-16)14-8-15/h1-3,6-8H,5H2. The minimum atomic E-state index is 0.383. The van der Waals surface area contributed by atoms with Crippen LogP contribution in [0.4, 0.5) is 0 Å². The summed E-state index contributed by atoms with van der Waals surface area (Å²) in [6, 6.07) is 5.51. The number of nitrogens with zero attached hydrogens (tertiary/aromatic N) is 4. The van der Waals surface area contributed by atoms with Crippen LogP contribution in [0.1, 0.15) is 21.7 Å². The zero-order valence-electron chi connectivity index (χ0n) is 8.37. The topological polar surface area (TPSA) is 71.6 Å². The third-order valence-corrected chi connectivity index (χ3v) is 2.08. The maximum absolute atomic E-state index is 10.4. The normalized spacial score (nSPS) is 9.69. The van der Waals surface area contributed by atoms with Gasteiger partial charge in [0.05, 0.1) is 6.33 Å². The van der Waals surface area contributed by atoms with Gasteiger partial charge in [-0.05, 0) is 17.7 Å². The number of imidazole rings is 1. The number of aromatic nitrogens is 3. The summed E-state index contributed by atoms with van der Waals surface area (Å²) in [5, 5.41) is 8.69. The van der Waals surface area contributed by atoms with Crippen LogP contribution in [0.3, 0.4) is 0 Å². The smallest absolute Gasteiger partial charge is 0.169 e. The minimum absolute atomic E-state index is 0.383. The molecule has 0 aliphatic carbocycles. The molecule has 2 rings (SSSR count). The van der Waals surface area contributed by atoms with E-state index in [9.17, 15) is 4.79 Å². The van der Waals surface area contributed by atoms with Crippen LogP contribution in [0, 0.1) is 11.3 Å². The molecule has 0 bridgehead atoms.